The van der Waals surface area contributed by atoms with Crippen LogP contribution in [0.3, 0.4) is 0 Å². The van der Waals surface area contributed by atoms with Gasteiger partial charge in [-0.3, -0.25) is 14.9 Å². The summed E-state index contributed by atoms with van der Waals surface area (Å²) in [5.41, 5.74) is 5.61. The van der Waals surface area contributed by atoms with Crippen molar-refractivity contribution in [2.24, 2.45) is 5.92 Å². The van der Waals surface area contributed by atoms with Gasteiger partial charge in [0.2, 0.25) is 0 Å². The molecule has 0 unspecified atom stereocenters. The predicted molar refractivity (Wildman–Crippen MR) is 73.9 cm³/mol. The number of amides is 1. The third-order valence-corrected chi connectivity index (χ3v) is 2.76. The van der Waals surface area contributed by atoms with Crippen LogP contribution in [0.2, 0.25) is 0 Å². The largest absolute Gasteiger partial charge is 0.393 e. The van der Waals surface area contributed by atoms with Crippen molar-refractivity contribution in [3.63, 3.8) is 0 Å². The SMILES string of the molecule is CCN(CC(C)C)C(=O)c1cccc([N+](=O)[O-])c1N. The number of para-hydroxylation sites is 1. The van der Waals surface area contributed by atoms with E-state index in [1.807, 2.05) is 20.8 Å². The molecular weight excluding hydrogens is 246 g/mol. The van der Waals surface area contributed by atoms with Gasteiger partial charge < -0.3 is 10.6 Å². The minimum absolute atomic E-state index is 0.0697. The van der Waals surface area contributed by atoms with Crippen molar-refractivity contribution in [2.75, 3.05) is 18.8 Å². The molecule has 1 amide bonds. The van der Waals surface area contributed by atoms with Gasteiger partial charge in [0.15, 0.2) is 0 Å². The summed E-state index contributed by atoms with van der Waals surface area (Å²) < 4.78 is 0. The minimum atomic E-state index is -0.579. The van der Waals surface area contributed by atoms with Gasteiger partial charge in [-0.25, -0.2) is 0 Å². The van der Waals surface area contributed by atoms with Gasteiger partial charge in [-0.05, 0) is 18.9 Å². The minimum Gasteiger partial charge on any atom is -0.393 e. The molecule has 104 valence electrons. The van der Waals surface area contributed by atoms with E-state index in [-0.39, 0.29) is 22.8 Å². The first-order valence-corrected chi connectivity index (χ1v) is 6.20. The smallest absolute Gasteiger partial charge is 0.292 e. The molecule has 0 bridgehead atoms. The molecule has 0 heterocycles. The first kappa shape index (κ1) is 14.9. The number of nitro benzene ring substituents is 1. The number of nitro groups is 1. The number of hydrogen-bond acceptors (Lipinski definition) is 4. The van der Waals surface area contributed by atoms with Crippen LogP contribution < -0.4 is 5.73 Å². The van der Waals surface area contributed by atoms with Gasteiger partial charge in [-0.1, -0.05) is 19.9 Å². The van der Waals surface area contributed by atoms with E-state index >= 15 is 0 Å². The quantitative estimate of drug-likeness (QED) is 0.502. The molecule has 6 nitrogen and oxygen atoms in total. The Morgan fingerprint density at radius 1 is 1.47 bits per heavy atom. The second kappa shape index (κ2) is 6.17. The molecule has 1 aromatic carbocycles. The van der Waals surface area contributed by atoms with E-state index in [1.165, 1.54) is 18.2 Å². The van der Waals surface area contributed by atoms with Crippen molar-refractivity contribution in [3.05, 3.63) is 33.9 Å². The first-order valence-electron chi connectivity index (χ1n) is 6.20. The monoisotopic (exact) mass is 265 g/mol. The summed E-state index contributed by atoms with van der Waals surface area (Å²) in [6, 6.07) is 4.30. The lowest BCUT2D eigenvalue weighted by molar-refractivity contribution is -0.383. The number of hydrogen-bond donors (Lipinski definition) is 1. The zero-order chi connectivity index (χ0) is 14.6. The summed E-state index contributed by atoms with van der Waals surface area (Å²) in [6.07, 6.45) is 0. The molecule has 0 fully saturated rings. The van der Waals surface area contributed by atoms with Crippen molar-refractivity contribution in [1.29, 1.82) is 0 Å². The highest BCUT2D eigenvalue weighted by Gasteiger charge is 2.22. The Balaban J connectivity index is 3.11. The number of nitrogens with zero attached hydrogens (tertiary/aromatic N) is 2. The fourth-order valence-electron chi connectivity index (χ4n) is 1.87. The Morgan fingerprint density at radius 2 is 2.11 bits per heavy atom. The zero-order valence-electron chi connectivity index (χ0n) is 11.4. The maximum atomic E-state index is 12.3. The van der Waals surface area contributed by atoms with Crippen LogP contribution in [0.5, 0.6) is 0 Å². The molecule has 19 heavy (non-hydrogen) atoms. The molecule has 6 heteroatoms. The van der Waals surface area contributed by atoms with Crippen molar-refractivity contribution in [2.45, 2.75) is 20.8 Å². The summed E-state index contributed by atoms with van der Waals surface area (Å²) >= 11 is 0. The van der Waals surface area contributed by atoms with E-state index in [9.17, 15) is 14.9 Å². The highest BCUT2D eigenvalue weighted by atomic mass is 16.6. The van der Waals surface area contributed by atoms with E-state index in [2.05, 4.69) is 0 Å². The average Bonchev–Trinajstić information content (AvgIpc) is 2.34. The van der Waals surface area contributed by atoms with E-state index < -0.39 is 4.92 Å². The molecule has 0 saturated heterocycles. The van der Waals surface area contributed by atoms with Gasteiger partial charge in [-0.2, -0.15) is 0 Å². The summed E-state index contributed by atoms with van der Waals surface area (Å²) in [5, 5.41) is 10.8. The van der Waals surface area contributed by atoms with Gasteiger partial charge in [0.05, 0.1) is 10.5 Å². The van der Waals surface area contributed by atoms with Crippen molar-refractivity contribution in [3.8, 4) is 0 Å². The van der Waals surface area contributed by atoms with Crippen LogP contribution in [0, 0.1) is 16.0 Å². The van der Waals surface area contributed by atoms with Gasteiger partial charge >= 0.3 is 0 Å². The second-order valence-electron chi connectivity index (χ2n) is 4.73. The van der Waals surface area contributed by atoms with Crippen molar-refractivity contribution >= 4 is 17.3 Å². The van der Waals surface area contributed by atoms with E-state index in [0.29, 0.717) is 19.0 Å². The van der Waals surface area contributed by atoms with E-state index in [4.69, 9.17) is 5.73 Å². The summed E-state index contributed by atoms with van der Waals surface area (Å²) in [5.74, 6) is 0.0567. The molecular formula is C13H19N3O3. The van der Waals surface area contributed by atoms with E-state index in [1.54, 1.807) is 4.90 Å². The fourth-order valence-corrected chi connectivity index (χ4v) is 1.87. The Hall–Kier alpha value is -2.11. The lowest BCUT2D eigenvalue weighted by Gasteiger charge is -2.23. The van der Waals surface area contributed by atoms with Crippen LogP contribution in [-0.4, -0.2) is 28.8 Å². The predicted octanol–water partition coefficient (Wildman–Crippen LogP) is 2.30. The molecule has 0 saturated carbocycles. The second-order valence-corrected chi connectivity index (χ2v) is 4.73. The number of anilines is 1. The lowest BCUT2D eigenvalue weighted by atomic mass is 10.1. The van der Waals surface area contributed by atoms with Crippen LogP contribution in [0.15, 0.2) is 18.2 Å². The highest BCUT2D eigenvalue weighted by Crippen LogP contribution is 2.26. The van der Waals surface area contributed by atoms with Gasteiger partial charge in [0, 0.05) is 19.2 Å². The molecule has 0 aliphatic rings. The lowest BCUT2D eigenvalue weighted by Crippen LogP contribution is -2.34. The summed E-state index contributed by atoms with van der Waals surface area (Å²) in [4.78, 5) is 24.2. The number of rotatable bonds is 5. The third kappa shape index (κ3) is 3.43. The molecule has 0 spiro atoms. The zero-order valence-corrected chi connectivity index (χ0v) is 11.4. The Bertz CT molecular complexity index is 486. The fraction of sp³-hybridized carbons (Fsp3) is 0.462. The standard InChI is InChI=1S/C13H19N3O3/c1-4-15(8-9(2)3)13(17)10-6-5-7-11(12(10)14)16(18)19/h5-7,9H,4,8,14H2,1-3H3. The van der Waals surface area contributed by atoms with Crippen LogP contribution in [0.25, 0.3) is 0 Å². The Morgan fingerprint density at radius 3 is 2.58 bits per heavy atom. The number of nitrogens with two attached hydrogens (primary N) is 1. The molecule has 0 atom stereocenters. The third-order valence-electron chi connectivity index (χ3n) is 2.76. The van der Waals surface area contributed by atoms with Crippen LogP contribution in [0.1, 0.15) is 31.1 Å². The number of benzene rings is 1. The normalized spacial score (nSPS) is 10.5. The first-order chi connectivity index (χ1) is 8.88. The molecule has 1 rings (SSSR count). The topological polar surface area (TPSA) is 89.5 Å². The molecule has 0 aromatic heterocycles. The van der Waals surface area contributed by atoms with E-state index in [0.717, 1.165) is 0 Å². The highest BCUT2D eigenvalue weighted by molar-refractivity contribution is 6.01. The number of carbonyl (C=O) groups excluding carboxylic acids is 1. The Labute approximate surface area is 112 Å². The molecule has 2 N–H and O–H groups in total. The van der Waals surface area contributed by atoms with Gasteiger partial charge in [-0.15, -0.1) is 0 Å². The van der Waals surface area contributed by atoms with Crippen LogP contribution >= 0.6 is 0 Å². The molecule has 1 aromatic rings. The molecule has 0 aliphatic carbocycles. The van der Waals surface area contributed by atoms with Crippen molar-refractivity contribution < 1.29 is 9.72 Å². The van der Waals surface area contributed by atoms with Crippen LogP contribution in [0.4, 0.5) is 11.4 Å². The summed E-state index contributed by atoms with van der Waals surface area (Å²) in [7, 11) is 0. The maximum Gasteiger partial charge on any atom is 0.292 e. The Kier molecular flexibility index (Phi) is 4.86. The number of carbonyl (C=O) groups is 1. The average molecular weight is 265 g/mol. The number of nitrogen functional groups attached to an aromatic ring is 1. The maximum absolute atomic E-state index is 12.3. The molecule has 0 aliphatic heterocycles. The van der Waals surface area contributed by atoms with Gasteiger partial charge in [0.25, 0.3) is 11.6 Å². The molecule has 0 radical (unpaired) electrons. The van der Waals surface area contributed by atoms with Gasteiger partial charge in [0.1, 0.15) is 5.69 Å². The summed E-state index contributed by atoms with van der Waals surface area (Å²) in [6.45, 7) is 7.02. The van der Waals surface area contributed by atoms with Crippen molar-refractivity contribution in [1.82, 2.24) is 4.90 Å². The van der Waals surface area contributed by atoms with Crippen LogP contribution in [-0.2, 0) is 0 Å².